The fourth-order valence-corrected chi connectivity index (χ4v) is 4.96. The van der Waals surface area contributed by atoms with Crippen LogP contribution in [0, 0.1) is 5.92 Å². The van der Waals surface area contributed by atoms with Gasteiger partial charge in [-0.15, -0.1) is 11.8 Å². The molecule has 2 aliphatic heterocycles. The van der Waals surface area contributed by atoms with Crippen molar-refractivity contribution in [3.8, 4) is 11.5 Å². The first-order valence-electron chi connectivity index (χ1n) is 10.2. The van der Waals surface area contributed by atoms with E-state index in [1.807, 2.05) is 0 Å². The summed E-state index contributed by atoms with van der Waals surface area (Å²) in [6.45, 7) is 0. The third-order valence-electron chi connectivity index (χ3n) is 5.12. The summed E-state index contributed by atoms with van der Waals surface area (Å²) in [5.41, 5.74) is 0.212. The predicted octanol–water partition coefficient (Wildman–Crippen LogP) is 1.83. The van der Waals surface area contributed by atoms with Crippen molar-refractivity contribution in [1.82, 2.24) is 10.2 Å². The Labute approximate surface area is 202 Å². The van der Waals surface area contributed by atoms with Crippen molar-refractivity contribution in [2.75, 3.05) is 0 Å². The van der Waals surface area contributed by atoms with Gasteiger partial charge in [0, 0.05) is 0 Å². The molecule has 180 valence electrons. The van der Waals surface area contributed by atoms with Crippen LogP contribution in [0.25, 0.3) is 0 Å². The molecular formula is C23H18N2O9S. The first kappa shape index (κ1) is 23.8. The number of carbonyl (C=O) groups excluding carboxylic acids is 3. The van der Waals surface area contributed by atoms with Crippen molar-refractivity contribution < 1.29 is 43.7 Å². The van der Waals surface area contributed by atoms with Gasteiger partial charge in [0.2, 0.25) is 11.8 Å². The second-order valence-electron chi connectivity index (χ2n) is 7.48. The van der Waals surface area contributed by atoms with Crippen LogP contribution in [0.2, 0.25) is 0 Å². The van der Waals surface area contributed by atoms with Gasteiger partial charge in [-0.1, -0.05) is 30.3 Å². The molecule has 11 nitrogen and oxygen atoms in total. The van der Waals surface area contributed by atoms with Crippen molar-refractivity contribution in [1.29, 1.82) is 0 Å². The zero-order valence-electron chi connectivity index (χ0n) is 17.8. The van der Waals surface area contributed by atoms with Crippen LogP contribution in [0.1, 0.15) is 5.56 Å². The van der Waals surface area contributed by atoms with Crippen molar-refractivity contribution in [3.05, 3.63) is 71.9 Å². The number of β-lactam (4-membered cyclic amide) rings is 1. The SMILES string of the molecule is O=C(Cc1ccc(OC(=O)Oc2ccccc2)cc1)NC1C=C(C(=O)O)N2C(=O)C(C(=O)O)[C@H]2S1. The highest BCUT2D eigenvalue weighted by Gasteiger charge is 2.57. The molecule has 2 aliphatic rings. The minimum Gasteiger partial charge on any atom is -0.481 e. The Hall–Kier alpha value is -4.32. The first-order chi connectivity index (χ1) is 16.7. The first-order valence-corrected chi connectivity index (χ1v) is 11.2. The summed E-state index contributed by atoms with van der Waals surface area (Å²) in [6.07, 6.45) is 0.213. The summed E-state index contributed by atoms with van der Waals surface area (Å²) in [5, 5.41) is 19.5. The lowest BCUT2D eigenvalue weighted by atomic mass is 9.97. The van der Waals surface area contributed by atoms with E-state index in [1.165, 1.54) is 18.2 Å². The summed E-state index contributed by atoms with van der Waals surface area (Å²) in [5.74, 6) is -4.83. The average Bonchev–Trinajstić information content (AvgIpc) is 2.79. The Morgan fingerprint density at radius 1 is 0.943 bits per heavy atom. The molecule has 1 saturated heterocycles. The second kappa shape index (κ2) is 9.89. The largest absolute Gasteiger partial charge is 0.519 e. The number of carbonyl (C=O) groups is 5. The lowest BCUT2D eigenvalue weighted by Crippen LogP contribution is -2.64. The maximum atomic E-state index is 12.5. The average molecular weight is 498 g/mol. The maximum Gasteiger partial charge on any atom is 0.519 e. The lowest BCUT2D eigenvalue weighted by molar-refractivity contribution is -0.164. The van der Waals surface area contributed by atoms with Crippen LogP contribution in [-0.4, -0.2) is 55.8 Å². The zero-order valence-corrected chi connectivity index (χ0v) is 18.6. The van der Waals surface area contributed by atoms with Gasteiger partial charge in [0.05, 0.1) is 11.8 Å². The van der Waals surface area contributed by atoms with Crippen LogP contribution in [0.15, 0.2) is 66.4 Å². The third kappa shape index (κ3) is 5.27. The lowest BCUT2D eigenvalue weighted by Gasteiger charge is -2.48. The number of rotatable bonds is 7. The molecule has 2 amide bonds. The zero-order chi connectivity index (χ0) is 25.1. The van der Waals surface area contributed by atoms with E-state index in [9.17, 15) is 34.2 Å². The Morgan fingerprint density at radius 2 is 1.57 bits per heavy atom. The number of nitrogens with one attached hydrogen (secondary N) is 1. The number of hydrogen-bond donors (Lipinski definition) is 3. The Balaban J connectivity index is 1.34. The van der Waals surface area contributed by atoms with Crippen molar-refractivity contribution in [3.63, 3.8) is 0 Å². The molecule has 0 aromatic heterocycles. The second-order valence-corrected chi connectivity index (χ2v) is 8.75. The Bertz CT molecular complexity index is 1210. The van der Waals surface area contributed by atoms with Crippen LogP contribution < -0.4 is 14.8 Å². The van der Waals surface area contributed by atoms with Crippen molar-refractivity contribution in [2.45, 2.75) is 17.2 Å². The molecule has 35 heavy (non-hydrogen) atoms. The van der Waals surface area contributed by atoms with E-state index in [0.717, 1.165) is 16.7 Å². The molecule has 0 bridgehead atoms. The molecule has 2 unspecified atom stereocenters. The number of hydrogen-bond acceptors (Lipinski definition) is 8. The summed E-state index contributed by atoms with van der Waals surface area (Å²) >= 11 is 0.973. The molecule has 0 spiro atoms. The van der Waals surface area contributed by atoms with Gasteiger partial charge >= 0.3 is 18.1 Å². The molecule has 4 rings (SSSR count). The number of para-hydroxylation sites is 1. The van der Waals surface area contributed by atoms with E-state index in [-0.39, 0.29) is 17.9 Å². The summed E-state index contributed by atoms with van der Waals surface area (Å²) in [7, 11) is 0. The number of nitrogens with zero attached hydrogens (tertiary/aromatic N) is 1. The van der Waals surface area contributed by atoms with Gasteiger partial charge in [0.15, 0.2) is 5.92 Å². The summed E-state index contributed by atoms with van der Waals surface area (Å²) in [4.78, 5) is 60.1. The molecule has 1 fully saturated rings. The van der Waals surface area contributed by atoms with Gasteiger partial charge in [0.1, 0.15) is 22.6 Å². The number of amides is 2. The summed E-state index contributed by atoms with van der Waals surface area (Å²) < 4.78 is 10.1. The third-order valence-corrected chi connectivity index (χ3v) is 6.43. The van der Waals surface area contributed by atoms with E-state index >= 15 is 0 Å². The highest BCUT2D eigenvalue weighted by molar-refractivity contribution is 8.00. The minimum absolute atomic E-state index is 0.0717. The highest BCUT2D eigenvalue weighted by atomic mass is 32.2. The van der Waals surface area contributed by atoms with Crippen molar-refractivity contribution in [2.24, 2.45) is 5.92 Å². The molecule has 0 saturated carbocycles. The van der Waals surface area contributed by atoms with Gasteiger partial charge < -0.3 is 25.0 Å². The standard InChI is InChI=1S/C23H18N2O9S/c26-16(24-17-11-15(21(28)29)25-19(27)18(22(30)31)20(25)35-17)10-12-6-8-14(9-7-12)34-23(32)33-13-4-2-1-3-5-13/h1-9,11,17-18,20H,10H2,(H,24,26)(H,28,29)(H,30,31)/t17?,18?,20-/m1/s1. The van der Waals surface area contributed by atoms with Gasteiger partial charge in [-0.3, -0.25) is 19.3 Å². The Morgan fingerprint density at radius 3 is 2.17 bits per heavy atom. The number of aliphatic carboxylic acids is 2. The van der Waals surface area contributed by atoms with E-state index in [2.05, 4.69) is 5.32 Å². The summed E-state index contributed by atoms with van der Waals surface area (Å²) in [6, 6.07) is 14.5. The smallest absolute Gasteiger partial charge is 0.481 e. The topological polar surface area (TPSA) is 160 Å². The van der Waals surface area contributed by atoms with E-state index < -0.39 is 46.6 Å². The van der Waals surface area contributed by atoms with Crippen LogP contribution in [0.5, 0.6) is 11.5 Å². The molecule has 3 atom stereocenters. The molecule has 2 heterocycles. The highest BCUT2D eigenvalue weighted by Crippen LogP contribution is 2.43. The predicted molar refractivity (Wildman–Crippen MR) is 120 cm³/mol. The number of benzene rings is 2. The Kier molecular flexibility index (Phi) is 6.73. The van der Waals surface area contributed by atoms with Crippen LogP contribution >= 0.6 is 11.8 Å². The molecule has 12 heteroatoms. The van der Waals surface area contributed by atoms with Crippen molar-refractivity contribution >= 4 is 41.7 Å². The number of carboxylic acid groups (broad SMARTS) is 2. The van der Waals surface area contributed by atoms with Crippen LogP contribution in [0.4, 0.5) is 4.79 Å². The minimum atomic E-state index is -1.40. The molecule has 0 radical (unpaired) electrons. The molecule has 2 aromatic carbocycles. The normalized spacial score (nSPS) is 20.6. The van der Waals surface area contributed by atoms with E-state index in [1.54, 1.807) is 42.5 Å². The van der Waals surface area contributed by atoms with Crippen LogP contribution in [0.3, 0.4) is 0 Å². The van der Waals surface area contributed by atoms with Gasteiger partial charge in [-0.05, 0) is 35.9 Å². The quantitative estimate of drug-likeness (QED) is 0.222. The number of thioether (sulfide) groups is 1. The van der Waals surface area contributed by atoms with E-state index in [4.69, 9.17) is 9.47 Å². The number of fused-ring (bicyclic) bond motifs is 1. The monoisotopic (exact) mass is 498 g/mol. The number of carboxylic acids is 2. The fourth-order valence-electron chi connectivity index (χ4n) is 3.52. The maximum absolute atomic E-state index is 12.5. The molecular weight excluding hydrogens is 480 g/mol. The van der Waals surface area contributed by atoms with Gasteiger partial charge in [0.25, 0.3) is 0 Å². The molecule has 3 N–H and O–H groups in total. The fraction of sp³-hybridized carbons (Fsp3) is 0.174. The van der Waals surface area contributed by atoms with Gasteiger partial charge in [-0.2, -0.15) is 0 Å². The molecule has 2 aromatic rings. The van der Waals surface area contributed by atoms with Gasteiger partial charge in [-0.25, -0.2) is 9.59 Å². The van der Waals surface area contributed by atoms with E-state index in [0.29, 0.717) is 11.3 Å². The number of ether oxygens (including phenoxy) is 2. The molecule has 0 aliphatic carbocycles. The van der Waals surface area contributed by atoms with Crippen LogP contribution in [-0.2, 0) is 25.6 Å².